The minimum Gasteiger partial charge on any atom is -0.372 e. The number of nitrogens with one attached hydrogen (secondary N) is 1. The number of rotatable bonds is 4. The topological polar surface area (TPSA) is 62.1 Å². The molecule has 0 bridgehead atoms. The highest BCUT2D eigenvalue weighted by atomic mass is 19.1. The number of hydrogen-bond acceptors (Lipinski definition) is 3. The number of amides is 1. The van der Waals surface area contributed by atoms with Crippen molar-refractivity contribution < 1.29 is 13.9 Å². The van der Waals surface area contributed by atoms with Crippen LogP contribution in [0.15, 0.2) is 18.2 Å². The number of nitrogens with zero attached hydrogens (tertiary/aromatic N) is 1. The zero-order valence-electron chi connectivity index (χ0n) is 8.79. The summed E-state index contributed by atoms with van der Waals surface area (Å²) in [5.74, 6) is -1.06. The van der Waals surface area contributed by atoms with Crippen molar-refractivity contribution in [2.75, 3.05) is 18.5 Å². The summed E-state index contributed by atoms with van der Waals surface area (Å²) in [4.78, 5) is 11.2. The molecule has 1 N–H and O–H groups in total. The molecule has 5 heteroatoms. The van der Waals surface area contributed by atoms with Crippen LogP contribution in [0.1, 0.15) is 12.5 Å². The molecule has 0 fully saturated rings. The lowest BCUT2D eigenvalue weighted by atomic mass is 10.2. The third-order valence-electron chi connectivity index (χ3n) is 1.81. The van der Waals surface area contributed by atoms with Gasteiger partial charge in [-0.25, -0.2) is 4.39 Å². The standard InChI is InChI=1S/C11H11FN2O2/c1-2-16-7-11(15)14-10-4-3-8(6-13)5-9(10)12/h3-5H,2,7H2,1H3,(H,14,15). The van der Waals surface area contributed by atoms with Gasteiger partial charge >= 0.3 is 0 Å². The lowest BCUT2D eigenvalue weighted by molar-refractivity contribution is -0.120. The van der Waals surface area contributed by atoms with Crippen LogP contribution in [0.3, 0.4) is 0 Å². The second-order valence-electron chi connectivity index (χ2n) is 2.99. The molecule has 1 aromatic rings. The van der Waals surface area contributed by atoms with E-state index in [2.05, 4.69) is 5.32 Å². The van der Waals surface area contributed by atoms with Gasteiger partial charge in [0.1, 0.15) is 12.4 Å². The molecule has 16 heavy (non-hydrogen) atoms. The molecule has 0 aromatic heterocycles. The van der Waals surface area contributed by atoms with Crippen LogP contribution in [-0.4, -0.2) is 19.1 Å². The van der Waals surface area contributed by atoms with E-state index >= 15 is 0 Å². The van der Waals surface area contributed by atoms with Gasteiger partial charge in [0, 0.05) is 6.61 Å². The summed E-state index contributed by atoms with van der Waals surface area (Å²) in [5, 5.41) is 10.9. The smallest absolute Gasteiger partial charge is 0.250 e. The van der Waals surface area contributed by atoms with Crippen molar-refractivity contribution in [3.63, 3.8) is 0 Å². The highest BCUT2D eigenvalue weighted by molar-refractivity contribution is 5.91. The molecule has 1 amide bonds. The monoisotopic (exact) mass is 222 g/mol. The van der Waals surface area contributed by atoms with E-state index in [0.717, 1.165) is 6.07 Å². The van der Waals surface area contributed by atoms with Gasteiger partial charge in [0.15, 0.2) is 0 Å². The highest BCUT2D eigenvalue weighted by Crippen LogP contribution is 2.15. The van der Waals surface area contributed by atoms with Crippen molar-refractivity contribution in [1.82, 2.24) is 0 Å². The fourth-order valence-corrected chi connectivity index (χ4v) is 1.07. The average Bonchev–Trinajstić information content (AvgIpc) is 2.29. The van der Waals surface area contributed by atoms with E-state index in [4.69, 9.17) is 10.00 Å². The van der Waals surface area contributed by atoms with Crippen molar-refractivity contribution in [2.24, 2.45) is 0 Å². The summed E-state index contributed by atoms with van der Waals surface area (Å²) in [5.41, 5.74) is 0.254. The van der Waals surface area contributed by atoms with Crippen LogP contribution in [0.5, 0.6) is 0 Å². The zero-order valence-corrected chi connectivity index (χ0v) is 8.79. The van der Waals surface area contributed by atoms with E-state index in [1.54, 1.807) is 13.0 Å². The molecule has 4 nitrogen and oxygen atoms in total. The predicted octanol–water partition coefficient (Wildman–Crippen LogP) is 1.67. The largest absolute Gasteiger partial charge is 0.372 e. The van der Waals surface area contributed by atoms with Crippen molar-refractivity contribution >= 4 is 11.6 Å². The lowest BCUT2D eigenvalue weighted by Gasteiger charge is -2.06. The normalized spacial score (nSPS) is 9.56. The van der Waals surface area contributed by atoms with E-state index in [-0.39, 0.29) is 17.9 Å². The first-order valence-corrected chi connectivity index (χ1v) is 4.74. The fourth-order valence-electron chi connectivity index (χ4n) is 1.07. The van der Waals surface area contributed by atoms with E-state index in [1.807, 2.05) is 0 Å². The maximum atomic E-state index is 13.3. The molecule has 0 unspecified atom stereocenters. The van der Waals surface area contributed by atoms with Crippen LogP contribution in [0, 0.1) is 17.1 Å². The molecular weight excluding hydrogens is 211 g/mol. The average molecular weight is 222 g/mol. The number of ether oxygens (including phenoxy) is 1. The Balaban J connectivity index is 2.68. The van der Waals surface area contributed by atoms with Gasteiger partial charge in [0.05, 0.1) is 17.3 Å². The Kier molecular flexibility index (Phi) is 4.42. The Morgan fingerprint density at radius 2 is 2.38 bits per heavy atom. The molecule has 0 heterocycles. The molecule has 0 saturated carbocycles. The summed E-state index contributed by atoms with van der Waals surface area (Å²) in [6.07, 6.45) is 0. The highest BCUT2D eigenvalue weighted by Gasteiger charge is 2.07. The Hall–Kier alpha value is -1.93. The van der Waals surface area contributed by atoms with Gasteiger partial charge in [-0.15, -0.1) is 0 Å². The second kappa shape index (κ2) is 5.83. The summed E-state index contributed by atoms with van der Waals surface area (Å²) in [6, 6.07) is 5.65. The first kappa shape index (κ1) is 12.1. The Labute approximate surface area is 92.6 Å². The molecule has 0 aliphatic heterocycles. The molecule has 1 aromatic carbocycles. The number of benzene rings is 1. The van der Waals surface area contributed by atoms with Gasteiger partial charge in [-0.2, -0.15) is 5.26 Å². The maximum Gasteiger partial charge on any atom is 0.250 e. The van der Waals surface area contributed by atoms with E-state index < -0.39 is 11.7 Å². The van der Waals surface area contributed by atoms with Crippen LogP contribution in [0.2, 0.25) is 0 Å². The van der Waals surface area contributed by atoms with Crippen molar-refractivity contribution in [2.45, 2.75) is 6.92 Å². The third kappa shape index (κ3) is 3.33. The SMILES string of the molecule is CCOCC(=O)Nc1ccc(C#N)cc1F. The third-order valence-corrected chi connectivity index (χ3v) is 1.81. The van der Waals surface area contributed by atoms with Crippen LogP contribution < -0.4 is 5.32 Å². The number of halogens is 1. The minimum atomic E-state index is -0.635. The molecule has 0 saturated heterocycles. The molecule has 0 spiro atoms. The Bertz CT molecular complexity index is 426. The second-order valence-corrected chi connectivity index (χ2v) is 2.99. The van der Waals surface area contributed by atoms with Gasteiger partial charge in [-0.05, 0) is 25.1 Å². The number of carbonyl (C=O) groups is 1. The van der Waals surface area contributed by atoms with Crippen LogP contribution >= 0.6 is 0 Å². The van der Waals surface area contributed by atoms with Crippen molar-refractivity contribution in [3.05, 3.63) is 29.6 Å². The summed E-state index contributed by atoms with van der Waals surface area (Å²) >= 11 is 0. The molecule has 1 rings (SSSR count). The lowest BCUT2D eigenvalue weighted by Crippen LogP contribution is -2.18. The number of anilines is 1. The first-order chi connectivity index (χ1) is 7.67. The fraction of sp³-hybridized carbons (Fsp3) is 0.273. The molecule has 0 atom stereocenters. The molecule has 0 aliphatic rings. The number of nitriles is 1. The molecule has 0 aliphatic carbocycles. The van der Waals surface area contributed by atoms with Crippen molar-refractivity contribution in [3.8, 4) is 6.07 Å². The van der Waals surface area contributed by atoms with E-state index in [1.165, 1.54) is 12.1 Å². The predicted molar refractivity (Wildman–Crippen MR) is 56.2 cm³/mol. The van der Waals surface area contributed by atoms with Crippen LogP contribution in [0.25, 0.3) is 0 Å². The van der Waals surface area contributed by atoms with E-state index in [9.17, 15) is 9.18 Å². The van der Waals surface area contributed by atoms with Gasteiger partial charge < -0.3 is 10.1 Å². The zero-order chi connectivity index (χ0) is 12.0. The maximum absolute atomic E-state index is 13.3. The summed E-state index contributed by atoms with van der Waals surface area (Å²) in [6.45, 7) is 2.06. The molecular formula is C11H11FN2O2. The minimum absolute atomic E-state index is 0.0451. The van der Waals surface area contributed by atoms with Crippen LogP contribution in [0.4, 0.5) is 10.1 Å². The van der Waals surface area contributed by atoms with Gasteiger partial charge in [-0.1, -0.05) is 0 Å². The number of carbonyl (C=O) groups excluding carboxylic acids is 1. The number of hydrogen-bond donors (Lipinski definition) is 1. The molecule has 0 radical (unpaired) electrons. The van der Waals surface area contributed by atoms with E-state index in [0.29, 0.717) is 6.61 Å². The summed E-state index contributed by atoms with van der Waals surface area (Å²) in [7, 11) is 0. The first-order valence-electron chi connectivity index (χ1n) is 4.74. The van der Waals surface area contributed by atoms with Gasteiger partial charge in [0.25, 0.3) is 0 Å². The van der Waals surface area contributed by atoms with Crippen LogP contribution in [-0.2, 0) is 9.53 Å². The quantitative estimate of drug-likeness (QED) is 0.842. The van der Waals surface area contributed by atoms with Crippen molar-refractivity contribution in [1.29, 1.82) is 5.26 Å². The summed E-state index contributed by atoms with van der Waals surface area (Å²) < 4.78 is 18.2. The van der Waals surface area contributed by atoms with Gasteiger partial charge in [-0.3, -0.25) is 4.79 Å². The van der Waals surface area contributed by atoms with Gasteiger partial charge in [0.2, 0.25) is 5.91 Å². The Morgan fingerprint density at radius 3 is 2.94 bits per heavy atom. The Morgan fingerprint density at radius 1 is 1.62 bits per heavy atom. The molecule has 84 valence electrons.